The first-order valence-electron chi connectivity index (χ1n) is 9.92. The summed E-state index contributed by atoms with van der Waals surface area (Å²) in [5.74, 6) is 0.156. The Hall–Kier alpha value is -2.82. The summed E-state index contributed by atoms with van der Waals surface area (Å²) in [5, 5.41) is 6.47. The van der Waals surface area contributed by atoms with Crippen LogP contribution in [-0.2, 0) is 15.0 Å². The number of carbonyl (C=O) groups is 2. The Labute approximate surface area is 166 Å². The highest BCUT2D eigenvalue weighted by atomic mass is 16.2. The summed E-state index contributed by atoms with van der Waals surface area (Å²) in [7, 11) is 0. The lowest BCUT2D eigenvalue weighted by molar-refractivity contribution is -0.135. The van der Waals surface area contributed by atoms with E-state index in [-0.39, 0.29) is 17.2 Å². The third-order valence-corrected chi connectivity index (χ3v) is 6.10. The smallest absolute Gasteiger partial charge is 0.250 e. The maximum Gasteiger partial charge on any atom is 0.250 e. The molecule has 146 valence electrons. The third kappa shape index (κ3) is 3.37. The molecule has 0 aliphatic carbocycles. The molecule has 1 fully saturated rings. The molecule has 5 nitrogen and oxygen atoms in total. The molecule has 0 bridgehead atoms. The predicted octanol–water partition coefficient (Wildman–Crippen LogP) is 3.78. The first-order chi connectivity index (χ1) is 13.4. The van der Waals surface area contributed by atoms with Gasteiger partial charge in [-0.25, -0.2) is 0 Å². The van der Waals surface area contributed by atoms with Gasteiger partial charge in [-0.2, -0.15) is 0 Å². The minimum absolute atomic E-state index is 0.00270. The standard InChI is InChI=1S/C23H27N3O2/c1-22(2,17-8-4-3-5-9-17)16-20(27)26-14-12-23(13-15-26)21(28)24-18-10-6-7-11-19(18)25-23/h3-11,25H,12-16H2,1-2H3,(H,24,28). The SMILES string of the molecule is CC(C)(CC(=O)N1CCC2(CC1)Nc1ccccc1NC2=O)c1ccccc1. The van der Waals surface area contributed by atoms with Gasteiger partial charge in [0.2, 0.25) is 11.8 Å². The third-order valence-electron chi connectivity index (χ3n) is 6.10. The normalized spacial score (nSPS) is 18.2. The highest BCUT2D eigenvalue weighted by molar-refractivity contribution is 6.06. The molecule has 2 heterocycles. The van der Waals surface area contributed by atoms with Crippen LogP contribution >= 0.6 is 0 Å². The second-order valence-corrected chi connectivity index (χ2v) is 8.51. The zero-order valence-electron chi connectivity index (χ0n) is 16.5. The number of rotatable bonds is 3. The van der Waals surface area contributed by atoms with Crippen LogP contribution in [0.1, 0.15) is 38.7 Å². The van der Waals surface area contributed by atoms with E-state index in [9.17, 15) is 9.59 Å². The minimum atomic E-state index is -0.625. The molecule has 0 radical (unpaired) electrons. The highest BCUT2D eigenvalue weighted by Crippen LogP contribution is 2.37. The van der Waals surface area contributed by atoms with E-state index in [2.05, 4.69) is 36.6 Å². The molecular formula is C23H27N3O2. The number of amides is 2. The van der Waals surface area contributed by atoms with E-state index in [4.69, 9.17) is 0 Å². The maximum absolute atomic E-state index is 12.9. The molecule has 4 rings (SSSR count). The van der Waals surface area contributed by atoms with Crippen molar-refractivity contribution in [3.63, 3.8) is 0 Å². The van der Waals surface area contributed by atoms with Gasteiger partial charge in [0.25, 0.3) is 0 Å². The van der Waals surface area contributed by atoms with Crippen LogP contribution in [0, 0.1) is 0 Å². The Balaban J connectivity index is 1.42. The van der Waals surface area contributed by atoms with Crippen molar-refractivity contribution in [1.29, 1.82) is 0 Å². The number of hydrogen-bond acceptors (Lipinski definition) is 3. The van der Waals surface area contributed by atoms with E-state index in [1.54, 1.807) is 0 Å². The summed E-state index contributed by atoms with van der Waals surface area (Å²) in [6, 6.07) is 17.9. The van der Waals surface area contributed by atoms with Crippen molar-refractivity contribution in [2.24, 2.45) is 0 Å². The average molecular weight is 377 g/mol. The van der Waals surface area contributed by atoms with Crippen molar-refractivity contribution >= 4 is 23.2 Å². The number of nitrogens with one attached hydrogen (secondary N) is 2. The van der Waals surface area contributed by atoms with E-state index in [1.165, 1.54) is 5.56 Å². The Bertz CT molecular complexity index is 884. The summed E-state index contributed by atoms with van der Waals surface area (Å²) in [6.45, 7) is 5.40. The van der Waals surface area contributed by atoms with Crippen molar-refractivity contribution in [3.05, 3.63) is 60.2 Å². The van der Waals surface area contributed by atoms with E-state index >= 15 is 0 Å². The number of anilines is 2. The molecule has 2 aromatic carbocycles. The number of nitrogens with zero attached hydrogens (tertiary/aromatic N) is 1. The number of fused-ring (bicyclic) bond motifs is 1. The van der Waals surface area contributed by atoms with Crippen molar-refractivity contribution < 1.29 is 9.59 Å². The van der Waals surface area contributed by atoms with Crippen molar-refractivity contribution in [1.82, 2.24) is 4.90 Å². The van der Waals surface area contributed by atoms with Gasteiger partial charge in [-0.1, -0.05) is 56.3 Å². The Kier molecular flexibility index (Phi) is 4.61. The van der Waals surface area contributed by atoms with Gasteiger partial charge in [-0.15, -0.1) is 0 Å². The Morgan fingerprint density at radius 2 is 1.61 bits per heavy atom. The monoisotopic (exact) mass is 377 g/mol. The average Bonchev–Trinajstić information content (AvgIpc) is 2.70. The Morgan fingerprint density at radius 3 is 2.29 bits per heavy atom. The summed E-state index contributed by atoms with van der Waals surface area (Å²) < 4.78 is 0. The lowest BCUT2D eigenvalue weighted by Crippen LogP contribution is -2.59. The molecule has 2 aliphatic heterocycles. The Morgan fingerprint density at radius 1 is 1.00 bits per heavy atom. The van der Waals surface area contributed by atoms with Crippen LogP contribution in [0.15, 0.2) is 54.6 Å². The van der Waals surface area contributed by atoms with Crippen LogP contribution in [0.2, 0.25) is 0 Å². The van der Waals surface area contributed by atoms with Crippen LogP contribution < -0.4 is 10.6 Å². The number of piperidine rings is 1. The minimum Gasteiger partial charge on any atom is -0.369 e. The molecule has 2 aliphatic rings. The van der Waals surface area contributed by atoms with Crippen molar-refractivity contribution in [2.45, 2.75) is 44.1 Å². The molecule has 0 atom stereocenters. The van der Waals surface area contributed by atoms with E-state index < -0.39 is 5.54 Å². The molecule has 1 saturated heterocycles. The lowest BCUT2D eigenvalue weighted by atomic mass is 9.80. The van der Waals surface area contributed by atoms with E-state index in [1.807, 2.05) is 47.4 Å². The fraction of sp³-hybridized carbons (Fsp3) is 0.391. The van der Waals surface area contributed by atoms with Gasteiger partial charge in [0.1, 0.15) is 5.54 Å². The van der Waals surface area contributed by atoms with Crippen molar-refractivity contribution in [2.75, 3.05) is 23.7 Å². The number of likely N-dealkylation sites (tertiary alicyclic amines) is 1. The molecule has 2 N–H and O–H groups in total. The van der Waals surface area contributed by atoms with Crippen molar-refractivity contribution in [3.8, 4) is 0 Å². The van der Waals surface area contributed by atoms with Crippen LogP contribution in [0.25, 0.3) is 0 Å². The number of benzene rings is 2. The first kappa shape index (κ1) is 18.5. The van der Waals surface area contributed by atoms with Crippen LogP contribution in [-0.4, -0.2) is 35.3 Å². The number of hydrogen-bond donors (Lipinski definition) is 2. The zero-order valence-corrected chi connectivity index (χ0v) is 16.5. The number of carbonyl (C=O) groups excluding carboxylic acids is 2. The molecule has 0 aromatic heterocycles. The molecule has 0 saturated carbocycles. The molecule has 28 heavy (non-hydrogen) atoms. The summed E-state index contributed by atoms with van der Waals surface area (Å²) in [6.07, 6.45) is 1.70. The predicted molar refractivity (Wildman–Crippen MR) is 111 cm³/mol. The van der Waals surface area contributed by atoms with Crippen LogP contribution in [0.5, 0.6) is 0 Å². The second kappa shape index (κ2) is 6.97. The highest BCUT2D eigenvalue weighted by Gasteiger charge is 2.45. The van der Waals surface area contributed by atoms with Gasteiger partial charge in [-0.05, 0) is 36.0 Å². The van der Waals surface area contributed by atoms with Gasteiger partial charge >= 0.3 is 0 Å². The number of para-hydroxylation sites is 2. The topological polar surface area (TPSA) is 61.4 Å². The second-order valence-electron chi connectivity index (χ2n) is 8.51. The molecule has 1 spiro atoms. The zero-order chi connectivity index (χ0) is 19.8. The van der Waals surface area contributed by atoms with Crippen LogP contribution in [0.3, 0.4) is 0 Å². The van der Waals surface area contributed by atoms with Gasteiger partial charge in [0, 0.05) is 19.5 Å². The van der Waals surface area contributed by atoms with E-state index in [0.29, 0.717) is 32.4 Å². The molecule has 5 heteroatoms. The largest absolute Gasteiger partial charge is 0.369 e. The summed E-state index contributed by atoms with van der Waals surface area (Å²) >= 11 is 0. The van der Waals surface area contributed by atoms with Crippen LogP contribution in [0.4, 0.5) is 11.4 Å². The van der Waals surface area contributed by atoms with Gasteiger partial charge in [0.05, 0.1) is 11.4 Å². The van der Waals surface area contributed by atoms with Gasteiger partial charge < -0.3 is 15.5 Å². The summed E-state index contributed by atoms with van der Waals surface area (Å²) in [5.41, 5.74) is 2.10. The quantitative estimate of drug-likeness (QED) is 0.856. The van der Waals surface area contributed by atoms with Gasteiger partial charge in [0.15, 0.2) is 0 Å². The molecular weight excluding hydrogens is 350 g/mol. The molecule has 2 amide bonds. The first-order valence-corrected chi connectivity index (χ1v) is 9.92. The fourth-order valence-corrected chi connectivity index (χ4v) is 4.23. The lowest BCUT2D eigenvalue weighted by Gasteiger charge is -2.44. The maximum atomic E-state index is 12.9. The van der Waals surface area contributed by atoms with Gasteiger partial charge in [-0.3, -0.25) is 9.59 Å². The molecule has 0 unspecified atom stereocenters. The fourth-order valence-electron chi connectivity index (χ4n) is 4.23. The summed E-state index contributed by atoms with van der Waals surface area (Å²) in [4.78, 5) is 27.6. The van der Waals surface area contributed by atoms with E-state index in [0.717, 1.165) is 11.4 Å². The molecule has 2 aromatic rings.